The number of hydrogen-bond donors (Lipinski definition) is 2. The van der Waals surface area contributed by atoms with Crippen LogP contribution in [0.4, 0.5) is 5.69 Å². The Hall–Kier alpha value is -3.06. The maximum Gasteiger partial charge on any atom is 0.294 e. The van der Waals surface area contributed by atoms with Crippen molar-refractivity contribution in [3.63, 3.8) is 0 Å². The van der Waals surface area contributed by atoms with Gasteiger partial charge in [-0.25, -0.2) is 0 Å². The Morgan fingerprint density at radius 3 is 2.18 bits per heavy atom. The van der Waals surface area contributed by atoms with Gasteiger partial charge >= 0.3 is 0 Å². The summed E-state index contributed by atoms with van der Waals surface area (Å²) >= 11 is 0. The lowest BCUT2D eigenvalue weighted by molar-refractivity contribution is 0.178. The van der Waals surface area contributed by atoms with Crippen LogP contribution in [-0.4, -0.2) is 59.9 Å². The van der Waals surface area contributed by atoms with Crippen LogP contribution in [0.2, 0.25) is 0 Å². The van der Waals surface area contributed by atoms with Gasteiger partial charge in [-0.05, 0) is 92.3 Å². The van der Waals surface area contributed by atoms with Crippen molar-refractivity contribution in [1.29, 1.82) is 0 Å². The van der Waals surface area contributed by atoms with Gasteiger partial charge < -0.3 is 14.4 Å². The highest BCUT2D eigenvalue weighted by molar-refractivity contribution is 7.86. The van der Waals surface area contributed by atoms with Gasteiger partial charge in [-0.2, -0.15) is 16.8 Å². The molecule has 3 rings (SSSR count). The summed E-state index contributed by atoms with van der Waals surface area (Å²) in [5.74, 6) is 0. The molecule has 11 heteroatoms. The van der Waals surface area contributed by atoms with E-state index >= 15 is 0 Å². The highest BCUT2D eigenvalue weighted by Gasteiger charge is 2.43. The SMILES string of the molecule is C=C(/C=C/C=C/C=C1/N(CC)c2ccc(S(=O)(=O)O)cc2C1(C)CCOC)C(C)(CCOC)c1cc(S(=O)(=O)O)ccc1C. The number of rotatable bonds is 14. The number of likely N-dealkylation sites (N-methyl/N-ethyl adjacent to an activating group) is 1. The molecule has 0 aromatic heterocycles. The Labute approximate surface area is 262 Å². The third-order valence-corrected chi connectivity index (χ3v) is 10.2. The Bertz CT molecular complexity index is 1690. The summed E-state index contributed by atoms with van der Waals surface area (Å²) in [4.78, 5) is 1.80. The van der Waals surface area contributed by atoms with E-state index in [9.17, 15) is 25.9 Å². The molecule has 9 nitrogen and oxygen atoms in total. The first kappa shape index (κ1) is 35.4. The molecule has 0 aliphatic carbocycles. The van der Waals surface area contributed by atoms with Crippen molar-refractivity contribution in [3.05, 3.63) is 101 Å². The maximum atomic E-state index is 11.9. The number of anilines is 1. The fourth-order valence-electron chi connectivity index (χ4n) is 5.80. The van der Waals surface area contributed by atoms with Gasteiger partial charge in [-0.3, -0.25) is 9.11 Å². The highest BCUT2D eigenvalue weighted by atomic mass is 32.2. The predicted octanol–water partition coefficient (Wildman–Crippen LogP) is 6.17. The van der Waals surface area contributed by atoms with Gasteiger partial charge in [-0.15, -0.1) is 0 Å². The molecular weight excluding hydrogens is 602 g/mol. The summed E-state index contributed by atoms with van der Waals surface area (Å²) in [5.41, 5.74) is 3.70. The molecule has 44 heavy (non-hydrogen) atoms. The predicted molar refractivity (Wildman–Crippen MR) is 173 cm³/mol. The van der Waals surface area contributed by atoms with E-state index in [0.29, 0.717) is 32.6 Å². The first-order chi connectivity index (χ1) is 20.5. The van der Waals surface area contributed by atoms with Gasteiger partial charge in [0.25, 0.3) is 20.2 Å². The zero-order chi connectivity index (χ0) is 32.9. The molecule has 0 saturated carbocycles. The van der Waals surface area contributed by atoms with Crippen molar-refractivity contribution in [3.8, 4) is 0 Å². The van der Waals surface area contributed by atoms with Gasteiger partial charge in [-0.1, -0.05) is 43.9 Å². The number of benzene rings is 2. The minimum atomic E-state index is -4.38. The summed E-state index contributed by atoms with van der Waals surface area (Å²) in [6, 6.07) is 9.22. The summed E-state index contributed by atoms with van der Waals surface area (Å²) in [7, 11) is -5.54. The second kappa shape index (κ2) is 13.9. The monoisotopic (exact) mass is 645 g/mol. The minimum Gasteiger partial charge on any atom is -0.385 e. The van der Waals surface area contributed by atoms with Crippen molar-refractivity contribution < 1.29 is 35.4 Å². The van der Waals surface area contributed by atoms with Crippen LogP contribution < -0.4 is 4.90 Å². The van der Waals surface area contributed by atoms with E-state index in [4.69, 9.17) is 9.47 Å². The standard InChI is InChI=1S/C33H43NO8S2/c1-8-34-30-17-16-27(44(38,39)40)23-29(30)33(5,19-21-42-7)31(34)13-11-9-10-12-25(3)32(4,18-20-41-6)28-22-26(43(35,36)37)15-14-24(28)2/h9-17,22-23H,3,8,18-21H2,1-2,4-7H3,(H,35,36,37)(H,38,39,40)/b11-9+,12-10+,31-13+. The Morgan fingerprint density at radius 2 is 1.59 bits per heavy atom. The van der Waals surface area contributed by atoms with Crippen molar-refractivity contribution in [2.45, 2.75) is 61.2 Å². The van der Waals surface area contributed by atoms with E-state index in [-0.39, 0.29) is 9.79 Å². The number of fused-ring (bicyclic) bond motifs is 1. The van der Waals surface area contributed by atoms with Gasteiger partial charge in [0.2, 0.25) is 0 Å². The molecule has 0 saturated heterocycles. The molecule has 1 aliphatic heterocycles. The number of hydrogen-bond acceptors (Lipinski definition) is 7. The molecule has 2 N–H and O–H groups in total. The van der Waals surface area contributed by atoms with Crippen molar-refractivity contribution in [1.82, 2.24) is 0 Å². The van der Waals surface area contributed by atoms with Crippen LogP contribution in [0.25, 0.3) is 0 Å². The van der Waals surface area contributed by atoms with Crippen LogP contribution >= 0.6 is 0 Å². The van der Waals surface area contributed by atoms with E-state index in [1.807, 2.05) is 58.1 Å². The van der Waals surface area contributed by atoms with E-state index in [0.717, 1.165) is 33.6 Å². The molecule has 2 atom stereocenters. The third-order valence-electron chi connectivity index (χ3n) is 8.52. The Balaban J connectivity index is 1.98. The molecule has 0 radical (unpaired) electrons. The molecule has 2 aromatic carbocycles. The van der Waals surface area contributed by atoms with E-state index in [1.54, 1.807) is 26.4 Å². The fourth-order valence-corrected chi connectivity index (χ4v) is 6.81. The van der Waals surface area contributed by atoms with E-state index < -0.39 is 31.1 Å². The molecule has 0 amide bonds. The molecule has 240 valence electrons. The van der Waals surface area contributed by atoms with Crippen LogP contribution in [0.15, 0.2) is 94.4 Å². The number of allylic oxidation sites excluding steroid dienone is 7. The lowest BCUT2D eigenvalue weighted by Crippen LogP contribution is -2.29. The second-order valence-electron chi connectivity index (χ2n) is 11.3. The van der Waals surface area contributed by atoms with Crippen LogP contribution in [0, 0.1) is 6.92 Å². The normalized spacial score (nSPS) is 19.6. The summed E-state index contributed by atoms with van der Waals surface area (Å²) < 4.78 is 77.7. The average molecular weight is 646 g/mol. The molecule has 0 spiro atoms. The molecule has 2 unspecified atom stereocenters. The number of aryl methyl sites for hydroxylation is 1. The van der Waals surface area contributed by atoms with Crippen LogP contribution in [0.1, 0.15) is 50.3 Å². The zero-order valence-electron chi connectivity index (χ0n) is 26.2. The van der Waals surface area contributed by atoms with Crippen LogP contribution in [0.5, 0.6) is 0 Å². The van der Waals surface area contributed by atoms with Gasteiger partial charge in [0.05, 0.1) is 9.79 Å². The van der Waals surface area contributed by atoms with Crippen LogP contribution in [-0.2, 0) is 40.5 Å². The fraction of sp³-hybridized carbons (Fsp3) is 0.394. The summed E-state index contributed by atoms with van der Waals surface area (Å²) in [6.07, 6.45) is 10.6. The summed E-state index contributed by atoms with van der Waals surface area (Å²) in [5, 5.41) is 0. The molecule has 1 aliphatic rings. The van der Waals surface area contributed by atoms with Crippen LogP contribution in [0.3, 0.4) is 0 Å². The lowest BCUT2D eigenvalue weighted by atomic mass is 9.72. The molecule has 0 fully saturated rings. The third kappa shape index (κ3) is 7.42. The Morgan fingerprint density at radius 1 is 0.977 bits per heavy atom. The number of ether oxygens (including phenoxy) is 2. The average Bonchev–Trinajstić information content (AvgIpc) is 3.20. The van der Waals surface area contributed by atoms with Crippen molar-refractivity contribution in [2.24, 2.45) is 0 Å². The van der Waals surface area contributed by atoms with Gasteiger partial charge in [0.1, 0.15) is 0 Å². The second-order valence-corrected chi connectivity index (χ2v) is 14.2. The van der Waals surface area contributed by atoms with Crippen molar-refractivity contribution in [2.75, 3.05) is 38.9 Å². The van der Waals surface area contributed by atoms with E-state index in [1.165, 1.54) is 24.3 Å². The zero-order valence-corrected chi connectivity index (χ0v) is 27.8. The largest absolute Gasteiger partial charge is 0.385 e. The smallest absolute Gasteiger partial charge is 0.294 e. The highest BCUT2D eigenvalue weighted by Crippen LogP contribution is 2.50. The molecule has 2 aromatic rings. The maximum absolute atomic E-state index is 11.9. The molecule has 1 heterocycles. The number of methoxy groups -OCH3 is 2. The molecular formula is C33H43NO8S2. The topological polar surface area (TPSA) is 130 Å². The van der Waals surface area contributed by atoms with Crippen molar-refractivity contribution >= 4 is 25.9 Å². The lowest BCUT2D eigenvalue weighted by Gasteiger charge is -2.33. The molecule has 0 bridgehead atoms. The minimum absolute atomic E-state index is 0.150. The Kier molecular flexibility index (Phi) is 11.2. The van der Waals surface area contributed by atoms with Gasteiger partial charge in [0.15, 0.2) is 0 Å². The van der Waals surface area contributed by atoms with Gasteiger partial charge in [0, 0.05) is 56.2 Å². The first-order valence-electron chi connectivity index (χ1n) is 14.3. The first-order valence-corrected chi connectivity index (χ1v) is 17.1. The number of nitrogens with zero attached hydrogens (tertiary/aromatic N) is 1. The quantitative estimate of drug-likeness (QED) is 0.183. The van der Waals surface area contributed by atoms with E-state index in [2.05, 4.69) is 11.5 Å². The summed E-state index contributed by atoms with van der Waals surface area (Å²) in [6.45, 7) is 13.7.